The number of benzene rings is 3. The van der Waals surface area contributed by atoms with Crippen LogP contribution >= 0.6 is 0 Å². The van der Waals surface area contributed by atoms with Gasteiger partial charge in [0.05, 0.1) is 12.8 Å². The minimum atomic E-state index is -0.0755. The summed E-state index contributed by atoms with van der Waals surface area (Å²) in [6.45, 7) is 6.70. The fourth-order valence-electron chi connectivity index (χ4n) is 4.03. The molecule has 0 atom stereocenters. The van der Waals surface area contributed by atoms with Crippen molar-refractivity contribution in [1.82, 2.24) is 4.90 Å². The lowest BCUT2D eigenvalue weighted by Crippen LogP contribution is -2.46. The number of para-hydroxylation sites is 2. The number of carbonyl (C=O) groups excluding carboxylic acids is 1. The van der Waals surface area contributed by atoms with Gasteiger partial charge in [0.15, 0.2) is 0 Å². The van der Waals surface area contributed by atoms with E-state index < -0.39 is 0 Å². The number of anilines is 2. The summed E-state index contributed by atoms with van der Waals surface area (Å²) in [6, 6.07) is 24.0. The van der Waals surface area contributed by atoms with E-state index in [1.165, 1.54) is 0 Å². The molecule has 0 aliphatic carbocycles. The normalized spacial score (nSPS) is 14.3. The second-order valence-corrected chi connectivity index (χ2v) is 7.96. The van der Waals surface area contributed by atoms with Crippen LogP contribution in [-0.4, -0.2) is 44.1 Å². The molecule has 0 bridgehead atoms. The predicted octanol–water partition coefficient (Wildman–Crippen LogP) is 4.58. The topological polar surface area (TPSA) is 44.8 Å². The summed E-state index contributed by atoms with van der Waals surface area (Å²) < 4.78 is 5.51. The van der Waals surface area contributed by atoms with Crippen molar-refractivity contribution in [3.63, 3.8) is 0 Å². The maximum atomic E-state index is 12.7. The first-order valence-electron chi connectivity index (χ1n) is 10.7. The first-order chi connectivity index (χ1) is 15.1. The van der Waals surface area contributed by atoms with Crippen molar-refractivity contribution >= 4 is 17.3 Å². The molecule has 3 aromatic rings. The van der Waals surface area contributed by atoms with Crippen LogP contribution in [-0.2, 0) is 6.54 Å². The number of rotatable bonds is 6. The van der Waals surface area contributed by atoms with E-state index in [1.54, 1.807) is 7.11 Å². The number of hydrogen-bond donors (Lipinski definition) is 1. The summed E-state index contributed by atoms with van der Waals surface area (Å²) in [5.41, 5.74) is 4.94. The molecule has 5 nitrogen and oxygen atoms in total. The molecule has 1 aliphatic rings. The van der Waals surface area contributed by atoms with Crippen molar-refractivity contribution in [2.45, 2.75) is 13.5 Å². The lowest BCUT2D eigenvalue weighted by atomic mass is 10.1. The molecular weight excluding hydrogens is 386 g/mol. The van der Waals surface area contributed by atoms with E-state index >= 15 is 0 Å². The maximum absolute atomic E-state index is 12.7. The smallest absolute Gasteiger partial charge is 0.255 e. The number of carbonyl (C=O) groups is 1. The fourth-order valence-corrected chi connectivity index (χ4v) is 4.03. The van der Waals surface area contributed by atoms with Gasteiger partial charge in [0, 0.05) is 44.0 Å². The molecule has 31 heavy (non-hydrogen) atoms. The number of ether oxygens (including phenoxy) is 1. The van der Waals surface area contributed by atoms with Gasteiger partial charge in [-0.25, -0.2) is 0 Å². The number of piperazine rings is 1. The lowest BCUT2D eigenvalue weighted by Gasteiger charge is -2.36. The van der Waals surface area contributed by atoms with Gasteiger partial charge < -0.3 is 15.0 Å². The quantitative estimate of drug-likeness (QED) is 0.640. The van der Waals surface area contributed by atoms with Crippen LogP contribution in [0.25, 0.3) is 0 Å². The lowest BCUT2D eigenvalue weighted by molar-refractivity contribution is 0.102. The molecule has 0 unspecified atom stereocenters. The van der Waals surface area contributed by atoms with Gasteiger partial charge >= 0.3 is 0 Å². The average molecular weight is 416 g/mol. The average Bonchev–Trinajstić information content (AvgIpc) is 2.80. The third-order valence-corrected chi connectivity index (χ3v) is 5.67. The van der Waals surface area contributed by atoms with Crippen LogP contribution in [0.4, 0.5) is 11.4 Å². The number of methoxy groups -OCH3 is 1. The van der Waals surface area contributed by atoms with Crippen LogP contribution in [0, 0.1) is 6.92 Å². The zero-order chi connectivity index (χ0) is 21.6. The third-order valence-electron chi connectivity index (χ3n) is 5.67. The third kappa shape index (κ3) is 5.25. The second-order valence-electron chi connectivity index (χ2n) is 7.96. The van der Waals surface area contributed by atoms with E-state index in [1.807, 2.05) is 61.5 Å². The van der Waals surface area contributed by atoms with Crippen molar-refractivity contribution in [2.24, 2.45) is 0 Å². The van der Waals surface area contributed by atoms with E-state index in [2.05, 4.69) is 33.3 Å². The van der Waals surface area contributed by atoms with Gasteiger partial charge in [-0.2, -0.15) is 0 Å². The van der Waals surface area contributed by atoms with E-state index in [0.717, 1.165) is 61.0 Å². The predicted molar refractivity (Wildman–Crippen MR) is 126 cm³/mol. The number of hydrogen-bond acceptors (Lipinski definition) is 4. The minimum Gasteiger partial charge on any atom is -0.495 e. The van der Waals surface area contributed by atoms with Gasteiger partial charge in [-0.05, 0) is 54.4 Å². The van der Waals surface area contributed by atoms with Crippen molar-refractivity contribution in [2.75, 3.05) is 43.5 Å². The largest absolute Gasteiger partial charge is 0.495 e. The summed E-state index contributed by atoms with van der Waals surface area (Å²) in [4.78, 5) is 17.5. The zero-order valence-corrected chi connectivity index (χ0v) is 18.2. The summed E-state index contributed by atoms with van der Waals surface area (Å²) in [5.74, 6) is 0.844. The van der Waals surface area contributed by atoms with Crippen LogP contribution in [0.5, 0.6) is 5.75 Å². The molecule has 0 spiro atoms. The van der Waals surface area contributed by atoms with Crippen LogP contribution in [0.15, 0.2) is 72.8 Å². The molecule has 1 N–H and O–H groups in total. The molecule has 3 aromatic carbocycles. The highest BCUT2D eigenvalue weighted by molar-refractivity contribution is 6.04. The van der Waals surface area contributed by atoms with Crippen LogP contribution < -0.4 is 15.0 Å². The number of aryl methyl sites for hydroxylation is 1. The fraction of sp³-hybridized carbons (Fsp3) is 0.269. The van der Waals surface area contributed by atoms with Crippen LogP contribution in [0.1, 0.15) is 21.5 Å². The Morgan fingerprint density at radius 3 is 2.48 bits per heavy atom. The molecule has 1 heterocycles. The first-order valence-corrected chi connectivity index (χ1v) is 10.7. The number of nitrogens with one attached hydrogen (secondary N) is 1. The van der Waals surface area contributed by atoms with Crippen LogP contribution in [0.2, 0.25) is 0 Å². The summed E-state index contributed by atoms with van der Waals surface area (Å²) >= 11 is 0. The van der Waals surface area contributed by atoms with E-state index in [0.29, 0.717) is 5.56 Å². The van der Waals surface area contributed by atoms with Crippen LogP contribution in [0.3, 0.4) is 0 Å². The maximum Gasteiger partial charge on any atom is 0.255 e. The highest BCUT2D eigenvalue weighted by Gasteiger charge is 2.20. The Morgan fingerprint density at radius 1 is 0.935 bits per heavy atom. The molecule has 1 amide bonds. The Kier molecular flexibility index (Phi) is 6.53. The molecule has 0 aromatic heterocycles. The molecule has 0 saturated carbocycles. The molecule has 1 saturated heterocycles. The molecule has 160 valence electrons. The Labute approximate surface area is 184 Å². The van der Waals surface area contributed by atoms with E-state index in [-0.39, 0.29) is 5.91 Å². The molecule has 1 fully saturated rings. The zero-order valence-electron chi connectivity index (χ0n) is 18.2. The Morgan fingerprint density at radius 2 is 1.71 bits per heavy atom. The van der Waals surface area contributed by atoms with Gasteiger partial charge in [0.25, 0.3) is 5.91 Å². The molecule has 1 aliphatic heterocycles. The van der Waals surface area contributed by atoms with E-state index in [9.17, 15) is 4.79 Å². The summed E-state index contributed by atoms with van der Waals surface area (Å²) in [5, 5.41) is 2.99. The SMILES string of the molecule is COc1ccccc1N1CCN(Cc2cccc(C(=O)Nc3cccc(C)c3)c2)CC1. The summed E-state index contributed by atoms with van der Waals surface area (Å²) in [7, 11) is 1.72. The Hall–Kier alpha value is -3.31. The van der Waals surface area contributed by atoms with Gasteiger partial charge in [-0.3, -0.25) is 9.69 Å². The highest BCUT2D eigenvalue weighted by Crippen LogP contribution is 2.28. The van der Waals surface area contributed by atoms with Gasteiger partial charge in [0.2, 0.25) is 0 Å². The standard InChI is InChI=1S/C26H29N3O2/c1-20-7-5-10-23(17-20)27-26(30)22-9-6-8-21(18-22)19-28-13-15-29(16-14-28)24-11-3-4-12-25(24)31-2/h3-12,17-18H,13-16,19H2,1-2H3,(H,27,30). The van der Waals surface area contributed by atoms with Gasteiger partial charge in [-0.15, -0.1) is 0 Å². The molecular formula is C26H29N3O2. The molecule has 5 heteroatoms. The Balaban J connectivity index is 1.36. The first kappa shape index (κ1) is 20.9. The van der Waals surface area contributed by atoms with Crippen molar-refractivity contribution in [1.29, 1.82) is 0 Å². The minimum absolute atomic E-state index is 0.0755. The van der Waals surface area contributed by atoms with E-state index in [4.69, 9.17) is 4.74 Å². The van der Waals surface area contributed by atoms with Crippen molar-refractivity contribution in [3.05, 3.63) is 89.5 Å². The number of nitrogens with zero attached hydrogens (tertiary/aromatic N) is 2. The van der Waals surface area contributed by atoms with Gasteiger partial charge in [0.1, 0.15) is 5.75 Å². The highest BCUT2D eigenvalue weighted by atomic mass is 16.5. The Bertz CT molecular complexity index is 1040. The summed E-state index contributed by atoms with van der Waals surface area (Å²) in [6.07, 6.45) is 0. The monoisotopic (exact) mass is 415 g/mol. The molecule has 0 radical (unpaired) electrons. The van der Waals surface area contributed by atoms with Gasteiger partial charge in [-0.1, -0.05) is 36.4 Å². The van der Waals surface area contributed by atoms with Crippen molar-refractivity contribution in [3.8, 4) is 5.75 Å². The molecule has 4 rings (SSSR count). The van der Waals surface area contributed by atoms with Crippen molar-refractivity contribution < 1.29 is 9.53 Å². The number of amides is 1. The second kappa shape index (κ2) is 9.67.